The summed E-state index contributed by atoms with van der Waals surface area (Å²) in [6.07, 6.45) is 3.81. The number of aromatic nitrogens is 1. The highest BCUT2D eigenvalue weighted by atomic mass is 16.1. The summed E-state index contributed by atoms with van der Waals surface area (Å²) in [6.45, 7) is 4.90. The molecule has 0 fully saturated rings. The van der Waals surface area contributed by atoms with Crippen molar-refractivity contribution in [1.29, 1.82) is 0 Å². The van der Waals surface area contributed by atoms with E-state index in [-0.39, 0.29) is 11.2 Å². The van der Waals surface area contributed by atoms with Crippen LogP contribution in [0, 0.1) is 5.41 Å². The van der Waals surface area contributed by atoms with E-state index < -0.39 is 0 Å². The molecule has 0 aromatic carbocycles. The van der Waals surface area contributed by atoms with Crippen molar-refractivity contribution >= 4 is 11.6 Å². The highest BCUT2D eigenvalue weighted by Crippen LogP contribution is 2.27. The van der Waals surface area contributed by atoms with Gasteiger partial charge in [0.25, 0.3) is 0 Å². The second kappa shape index (κ2) is 5.77. The number of nitrogens with zero attached hydrogens (tertiary/aromatic N) is 1. The molecular weight excluding hydrogens is 214 g/mol. The lowest BCUT2D eigenvalue weighted by molar-refractivity contribution is 0.0962. The monoisotopic (exact) mass is 235 g/mol. The van der Waals surface area contributed by atoms with Crippen LogP contribution >= 0.6 is 0 Å². The Morgan fingerprint density at radius 2 is 2.12 bits per heavy atom. The second-order valence-corrected chi connectivity index (χ2v) is 5.06. The number of Topliss-reactive ketones (excluding diaryl/α,β-unsaturated/α-hetero) is 1. The highest BCUT2D eigenvalue weighted by molar-refractivity contribution is 5.99. The van der Waals surface area contributed by atoms with Crippen molar-refractivity contribution in [3.63, 3.8) is 0 Å². The number of nitrogens with two attached hydrogens (primary N) is 2. The first-order valence-electron chi connectivity index (χ1n) is 5.90. The third-order valence-electron chi connectivity index (χ3n) is 2.99. The Bertz CT molecular complexity index is 388. The van der Waals surface area contributed by atoms with Crippen LogP contribution < -0.4 is 11.5 Å². The van der Waals surface area contributed by atoms with E-state index in [0.29, 0.717) is 24.3 Å². The average Bonchev–Trinajstić information content (AvgIpc) is 2.27. The minimum Gasteiger partial charge on any atom is -0.383 e. The molecular formula is C13H21N3O. The number of nitrogen functional groups attached to an aromatic ring is 1. The molecule has 0 radical (unpaired) electrons. The van der Waals surface area contributed by atoms with Gasteiger partial charge in [-0.2, -0.15) is 0 Å². The minimum atomic E-state index is 0.0562. The fraction of sp³-hybridized carbons (Fsp3) is 0.538. The standard InChI is InChI=1S/C13H21N3O/c1-13(2,7-8-14)6-5-11(17)10-4-3-9-16-12(10)15/h3-4,9H,5-8,14H2,1-2H3,(H2,15,16). The van der Waals surface area contributed by atoms with Crippen LogP contribution in [-0.2, 0) is 0 Å². The van der Waals surface area contributed by atoms with Gasteiger partial charge in [0.2, 0.25) is 0 Å². The third-order valence-corrected chi connectivity index (χ3v) is 2.99. The molecule has 0 bridgehead atoms. The van der Waals surface area contributed by atoms with Crippen LogP contribution in [0.25, 0.3) is 0 Å². The van der Waals surface area contributed by atoms with Crippen molar-refractivity contribution in [2.75, 3.05) is 12.3 Å². The van der Waals surface area contributed by atoms with E-state index in [4.69, 9.17) is 11.5 Å². The summed E-state index contributed by atoms with van der Waals surface area (Å²) in [5.74, 6) is 0.370. The molecule has 4 nitrogen and oxygen atoms in total. The van der Waals surface area contributed by atoms with E-state index in [0.717, 1.165) is 12.8 Å². The summed E-state index contributed by atoms with van der Waals surface area (Å²) in [6, 6.07) is 3.45. The first-order chi connectivity index (χ1) is 7.96. The largest absolute Gasteiger partial charge is 0.383 e. The molecule has 0 saturated heterocycles. The van der Waals surface area contributed by atoms with Gasteiger partial charge in [-0.15, -0.1) is 0 Å². The summed E-state index contributed by atoms with van der Waals surface area (Å²) in [5, 5.41) is 0. The van der Waals surface area contributed by atoms with Gasteiger partial charge >= 0.3 is 0 Å². The minimum absolute atomic E-state index is 0.0562. The van der Waals surface area contributed by atoms with Gasteiger partial charge in [-0.05, 0) is 36.9 Å². The van der Waals surface area contributed by atoms with Crippen LogP contribution in [0.5, 0.6) is 0 Å². The Morgan fingerprint density at radius 1 is 1.41 bits per heavy atom. The molecule has 4 heteroatoms. The number of hydrogen-bond donors (Lipinski definition) is 2. The normalized spacial score (nSPS) is 11.5. The predicted molar refractivity (Wildman–Crippen MR) is 69.7 cm³/mol. The van der Waals surface area contributed by atoms with Gasteiger partial charge in [0, 0.05) is 12.6 Å². The topological polar surface area (TPSA) is 82.0 Å². The zero-order valence-corrected chi connectivity index (χ0v) is 10.6. The molecule has 0 aliphatic carbocycles. The molecule has 0 unspecified atom stereocenters. The zero-order chi connectivity index (χ0) is 12.9. The third kappa shape index (κ3) is 4.15. The van der Waals surface area contributed by atoms with Gasteiger partial charge in [-0.1, -0.05) is 13.8 Å². The van der Waals surface area contributed by atoms with Gasteiger partial charge in [-0.3, -0.25) is 4.79 Å². The van der Waals surface area contributed by atoms with Crippen LogP contribution in [0.2, 0.25) is 0 Å². The van der Waals surface area contributed by atoms with Crippen LogP contribution in [0.3, 0.4) is 0 Å². The molecule has 0 atom stereocenters. The van der Waals surface area contributed by atoms with Gasteiger partial charge in [0.15, 0.2) is 5.78 Å². The van der Waals surface area contributed by atoms with Gasteiger partial charge in [-0.25, -0.2) is 4.98 Å². The van der Waals surface area contributed by atoms with Crippen molar-refractivity contribution in [3.8, 4) is 0 Å². The Kier molecular flexibility index (Phi) is 4.63. The van der Waals surface area contributed by atoms with E-state index in [9.17, 15) is 4.79 Å². The number of ketones is 1. The first-order valence-corrected chi connectivity index (χ1v) is 5.90. The summed E-state index contributed by atoms with van der Waals surface area (Å²) in [7, 11) is 0. The predicted octanol–water partition coefficient (Wildman–Crippen LogP) is 2.00. The lowest BCUT2D eigenvalue weighted by Crippen LogP contribution is -2.18. The number of carbonyl (C=O) groups excluding carboxylic acids is 1. The molecule has 0 aliphatic rings. The van der Waals surface area contributed by atoms with Gasteiger partial charge < -0.3 is 11.5 Å². The maximum absolute atomic E-state index is 12.0. The Morgan fingerprint density at radius 3 is 2.71 bits per heavy atom. The molecule has 1 aromatic rings. The van der Waals surface area contributed by atoms with Crippen molar-refractivity contribution in [2.45, 2.75) is 33.1 Å². The maximum atomic E-state index is 12.0. The smallest absolute Gasteiger partial charge is 0.166 e. The molecule has 0 spiro atoms. The maximum Gasteiger partial charge on any atom is 0.166 e. The van der Waals surface area contributed by atoms with Crippen molar-refractivity contribution < 1.29 is 4.79 Å². The molecule has 4 N–H and O–H groups in total. The van der Waals surface area contributed by atoms with Crippen LogP contribution in [0.15, 0.2) is 18.3 Å². The summed E-state index contributed by atoms with van der Waals surface area (Å²) >= 11 is 0. The SMILES string of the molecule is CC(C)(CCN)CCC(=O)c1cccnc1N. The van der Waals surface area contributed by atoms with Crippen LogP contribution in [0.4, 0.5) is 5.82 Å². The molecule has 0 aliphatic heterocycles. The quantitative estimate of drug-likeness (QED) is 0.739. The van der Waals surface area contributed by atoms with E-state index in [2.05, 4.69) is 18.8 Å². The lowest BCUT2D eigenvalue weighted by Gasteiger charge is -2.23. The summed E-state index contributed by atoms with van der Waals surface area (Å²) in [5.41, 5.74) is 11.8. The number of carbonyl (C=O) groups is 1. The van der Waals surface area contributed by atoms with Crippen LogP contribution in [0.1, 0.15) is 43.5 Å². The van der Waals surface area contributed by atoms with E-state index in [1.165, 1.54) is 0 Å². The number of pyridine rings is 1. The zero-order valence-electron chi connectivity index (χ0n) is 10.6. The molecule has 0 amide bonds. The van der Waals surface area contributed by atoms with Crippen molar-refractivity contribution in [2.24, 2.45) is 11.1 Å². The molecule has 94 valence electrons. The summed E-state index contributed by atoms with van der Waals surface area (Å²) in [4.78, 5) is 15.9. The Balaban J connectivity index is 2.59. The van der Waals surface area contributed by atoms with Crippen molar-refractivity contribution in [3.05, 3.63) is 23.9 Å². The van der Waals surface area contributed by atoms with Gasteiger partial charge in [0.05, 0.1) is 5.56 Å². The lowest BCUT2D eigenvalue weighted by atomic mass is 9.83. The fourth-order valence-electron chi connectivity index (χ4n) is 1.76. The molecule has 1 aromatic heterocycles. The van der Waals surface area contributed by atoms with E-state index in [1.54, 1.807) is 18.3 Å². The fourth-order valence-corrected chi connectivity index (χ4v) is 1.76. The number of rotatable bonds is 6. The van der Waals surface area contributed by atoms with E-state index in [1.807, 2.05) is 0 Å². The molecule has 1 rings (SSSR count). The van der Waals surface area contributed by atoms with E-state index >= 15 is 0 Å². The Hall–Kier alpha value is -1.42. The average molecular weight is 235 g/mol. The molecule has 17 heavy (non-hydrogen) atoms. The first kappa shape index (κ1) is 13.6. The Labute approximate surface area is 102 Å². The van der Waals surface area contributed by atoms with Crippen molar-refractivity contribution in [1.82, 2.24) is 4.98 Å². The molecule has 0 saturated carbocycles. The number of hydrogen-bond acceptors (Lipinski definition) is 4. The van der Waals surface area contributed by atoms with Crippen LogP contribution in [-0.4, -0.2) is 17.3 Å². The second-order valence-electron chi connectivity index (χ2n) is 5.06. The summed E-state index contributed by atoms with van der Waals surface area (Å²) < 4.78 is 0. The number of anilines is 1. The molecule has 1 heterocycles. The highest BCUT2D eigenvalue weighted by Gasteiger charge is 2.19. The van der Waals surface area contributed by atoms with Gasteiger partial charge in [0.1, 0.15) is 5.82 Å².